The minimum atomic E-state index is -0.394. The molecule has 1 aliphatic heterocycles. The van der Waals surface area contributed by atoms with Gasteiger partial charge < -0.3 is 15.3 Å². The molecule has 1 aromatic rings. The second-order valence-corrected chi connectivity index (χ2v) is 6.37. The van der Waals surface area contributed by atoms with Crippen LogP contribution in [0.2, 0.25) is 0 Å². The minimum Gasteiger partial charge on any atom is -0.396 e. The predicted octanol–water partition coefficient (Wildman–Crippen LogP) is 2.01. The fourth-order valence-electron chi connectivity index (χ4n) is 2.95. The maximum Gasteiger partial charge on any atom is 0.227 e. The van der Waals surface area contributed by atoms with Gasteiger partial charge >= 0.3 is 0 Å². The first kappa shape index (κ1) is 18.4. The van der Waals surface area contributed by atoms with E-state index < -0.39 is 5.92 Å². The summed E-state index contributed by atoms with van der Waals surface area (Å²) in [7, 11) is 0. The van der Waals surface area contributed by atoms with Crippen LogP contribution in [0.4, 0.5) is 10.1 Å². The summed E-state index contributed by atoms with van der Waals surface area (Å²) in [5.41, 5.74) is 1.10. The highest BCUT2D eigenvalue weighted by Crippen LogP contribution is 2.26. The third kappa shape index (κ3) is 4.32. The van der Waals surface area contributed by atoms with E-state index in [4.69, 9.17) is 5.11 Å². The molecule has 24 heavy (non-hydrogen) atoms. The summed E-state index contributed by atoms with van der Waals surface area (Å²) in [6, 6.07) is 4.53. The van der Waals surface area contributed by atoms with Gasteiger partial charge in [-0.05, 0) is 43.0 Å². The quantitative estimate of drug-likeness (QED) is 0.800. The first-order valence-electron chi connectivity index (χ1n) is 8.41. The number of aliphatic hydroxyl groups excluding tert-OH is 1. The number of anilines is 1. The molecule has 1 saturated heterocycles. The summed E-state index contributed by atoms with van der Waals surface area (Å²) >= 11 is 0. The molecule has 1 heterocycles. The highest BCUT2D eigenvalue weighted by atomic mass is 19.1. The highest BCUT2D eigenvalue weighted by molar-refractivity contribution is 6.00. The molecule has 2 rings (SSSR count). The van der Waals surface area contributed by atoms with Crippen LogP contribution in [0.25, 0.3) is 0 Å². The summed E-state index contributed by atoms with van der Waals surface area (Å²) in [6.45, 7) is 4.59. The Morgan fingerprint density at radius 3 is 2.88 bits per heavy atom. The van der Waals surface area contributed by atoms with E-state index in [1.54, 1.807) is 24.0 Å². The number of halogens is 1. The lowest BCUT2D eigenvalue weighted by molar-refractivity contribution is -0.126. The van der Waals surface area contributed by atoms with E-state index in [0.29, 0.717) is 30.8 Å². The van der Waals surface area contributed by atoms with Crippen LogP contribution < -0.4 is 10.2 Å². The molecule has 132 valence electrons. The number of aryl methyl sites for hydroxylation is 1. The molecule has 0 aromatic heterocycles. The lowest BCUT2D eigenvalue weighted by atomic mass is 10.0. The first-order valence-corrected chi connectivity index (χ1v) is 8.41. The Labute approximate surface area is 141 Å². The molecule has 1 aromatic carbocycles. The Morgan fingerprint density at radius 1 is 1.50 bits per heavy atom. The van der Waals surface area contributed by atoms with Crippen LogP contribution >= 0.6 is 0 Å². The molecule has 1 fully saturated rings. The van der Waals surface area contributed by atoms with E-state index in [1.165, 1.54) is 6.07 Å². The third-order valence-electron chi connectivity index (χ3n) is 4.63. The van der Waals surface area contributed by atoms with Gasteiger partial charge in [-0.2, -0.15) is 0 Å². The minimum absolute atomic E-state index is 0.105. The number of carbonyl (C=O) groups is 2. The van der Waals surface area contributed by atoms with E-state index in [-0.39, 0.29) is 36.6 Å². The zero-order valence-electron chi connectivity index (χ0n) is 14.2. The number of carbonyl (C=O) groups excluding carboxylic acids is 2. The van der Waals surface area contributed by atoms with Crippen molar-refractivity contribution in [3.63, 3.8) is 0 Å². The maximum atomic E-state index is 13.4. The van der Waals surface area contributed by atoms with Gasteiger partial charge in [0, 0.05) is 31.8 Å². The largest absolute Gasteiger partial charge is 0.396 e. The van der Waals surface area contributed by atoms with Crippen LogP contribution in [0.3, 0.4) is 0 Å². The van der Waals surface area contributed by atoms with E-state index >= 15 is 0 Å². The van der Waals surface area contributed by atoms with Gasteiger partial charge in [0.2, 0.25) is 11.8 Å². The van der Waals surface area contributed by atoms with Crippen LogP contribution in [0.1, 0.15) is 31.7 Å². The molecule has 2 atom stereocenters. The lowest BCUT2D eigenvalue weighted by Crippen LogP contribution is -2.36. The zero-order valence-corrected chi connectivity index (χ0v) is 14.2. The van der Waals surface area contributed by atoms with E-state index in [0.717, 1.165) is 6.42 Å². The van der Waals surface area contributed by atoms with Gasteiger partial charge in [0.1, 0.15) is 5.82 Å². The first-order chi connectivity index (χ1) is 11.5. The standard InChI is InChI=1S/C18H25FN2O3/c1-3-13(6-7-22)10-20-18(24)14-9-17(23)21(11-14)15-4-5-16(19)12(2)8-15/h4-5,8,13-14,22H,3,6-7,9-11H2,1-2H3,(H,20,24). The molecule has 0 saturated carbocycles. The lowest BCUT2D eigenvalue weighted by Gasteiger charge is -2.18. The number of hydrogen-bond donors (Lipinski definition) is 2. The highest BCUT2D eigenvalue weighted by Gasteiger charge is 2.35. The third-order valence-corrected chi connectivity index (χ3v) is 4.63. The molecular formula is C18H25FN2O3. The average molecular weight is 336 g/mol. The van der Waals surface area contributed by atoms with Crippen molar-refractivity contribution in [1.82, 2.24) is 5.32 Å². The molecule has 2 N–H and O–H groups in total. The summed E-state index contributed by atoms with van der Waals surface area (Å²) in [5, 5.41) is 11.9. The molecule has 2 amide bonds. The number of nitrogens with zero attached hydrogens (tertiary/aromatic N) is 1. The molecule has 0 bridgehead atoms. The summed E-state index contributed by atoms with van der Waals surface area (Å²) < 4.78 is 13.4. The van der Waals surface area contributed by atoms with Crippen molar-refractivity contribution < 1.29 is 19.1 Å². The number of aliphatic hydroxyl groups is 1. The number of nitrogens with one attached hydrogen (secondary N) is 1. The van der Waals surface area contributed by atoms with Crippen molar-refractivity contribution in [2.24, 2.45) is 11.8 Å². The molecular weight excluding hydrogens is 311 g/mol. The van der Waals surface area contributed by atoms with Crippen molar-refractivity contribution in [1.29, 1.82) is 0 Å². The van der Waals surface area contributed by atoms with Crippen molar-refractivity contribution in [2.45, 2.75) is 33.1 Å². The summed E-state index contributed by atoms with van der Waals surface area (Å²) in [4.78, 5) is 26.0. The van der Waals surface area contributed by atoms with E-state index in [2.05, 4.69) is 5.32 Å². The molecule has 6 heteroatoms. The number of amides is 2. The van der Waals surface area contributed by atoms with Crippen molar-refractivity contribution in [2.75, 3.05) is 24.6 Å². The molecule has 0 aliphatic carbocycles. The number of benzene rings is 1. The Balaban J connectivity index is 1.96. The number of rotatable bonds is 7. The van der Waals surface area contributed by atoms with Crippen LogP contribution in [0.15, 0.2) is 18.2 Å². The predicted molar refractivity (Wildman–Crippen MR) is 90.1 cm³/mol. The van der Waals surface area contributed by atoms with Crippen molar-refractivity contribution in [3.05, 3.63) is 29.6 Å². The van der Waals surface area contributed by atoms with Gasteiger partial charge in [-0.15, -0.1) is 0 Å². The second-order valence-electron chi connectivity index (χ2n) is 6.37. The van der Waals surface area contributed by atoms with Gasteiger partial charge in [-0.3, -0.25) is 9.59 Å². The van der Waals surface area contributed by atoms with Crippen molar-refractivity contribution >= 4 is 17.5 Å². The summed E-state index contributed by atoms with van der Waals surface area (Å²) in [6.07, 6.45) is 1.70. The zero-order chi connectivity index (χ0) is 17.7. The SMILES string of the molecule is CCC(CCO)CNC(=O)C1CC(=O)N(c2ccc(F)c(C)c2)C1. The molecule has 0 radical (unpaired) electrons. The second kappa shape index (κ2) is 8.24. The maximum absolute atomic E-state index is 13.4. The van der Waals surface area contributed by atoms with E-state index in [1.807, 2.05) is 6.92 Å². The van der Waals surface area contributed by atoms with Crippen LogP contribution in [0, 0.1) is 24.6 Å². The Hall–Kier alpha value is -1.95. The topological polar surface area (TPSA) is 69.6 Å². The Bertz CT molecular complexity index is 606. The monoisotopic (exact) mass is 336 g/mol. The Kier molecular flexibility index (Phi) is 6.31. The van der Waals surface area contributed by atoms with E-state index in [9.17, 15) is 14.0 Å². The summed E-state index contributed by atoms with van der Waals surface area (Å²) in [5.74, 6) is -0.722. The van der Waals surface area contributed by atoms with Gasteiger partial charge in [0.05, 0.1) is 5.92 Å². The molecule has 1 aliphatic rings. The Morgan fingerprint density at radius 2 is 2.25 bits per heavy atom. The van der Waals surface area contributed by atoms with Gasteiger partial charge in [-0.1, -0.05) is 13.3 Å². The van der Waals surface area contributed by atoms with Gasteiger partial charge in [-0.25, -0.2) is 4.39 Å². The molecule has 2 unspecified atom stereocenters. The molecule has 5 nitrogen and oxygen atoms in total. The van der Waals surface area contributed by atoms with Crippen molar-refractivity contribution in [3.8, 4) is 0 Å². The number of hydrogen-bond acceptors (Lipinski definition) is 3. The van der Waals surface area contributed by atoms with Gasteiger partial charge in [0.25, 0.3) is 0 Å². The van der Waals surface area contributed by atoms with Crippen LogP contribution in [-0.2, 0) is 9.59 Å². The smallest absolute Gasteiger partial charge is 0.227 e. The molecule has 0 spiro atoms. The van der Waals surface area contributed by atoms with Crippen LogP contribution in [-0.4, -0.2) is 36.6 Å². The average Bonchev–Trinajstić information content (AvgIpc) is 2.95. The fourth-order valence-corrected chi connectivity index (χ4v) is 2.95. The fraction of sp³-hybridized carbons (Fsp3) is 0.556. The van der Waals surface area contributed by atoms with Gasteiger partial charge in [0.15, 0.2) is 0 Å². The normalized spacial score (nSPS) is 18.8. The van der Waals surface area contributed by atoms with Crippen LogP contribution in [0.5, 0.6) is 0 Å².